The number of amides is 1. The summed E-state index contributed by atoms with van der Waals surface area (Å²) in [6.07, 6.45) is 3.78. The van der Waals surface area contributed by atoms with Gasteiger partial charge in [-0.1, -0.05) is 18.2 Å². The van der Waals surface area contributed by atoms with E-state index in [0.29, 0.717) is 45.9 Å². The monoisotopic (exact) mass is 556 g/mol. The van der Waals surface area contributed by atoms with Crippen LogP contribution in [0.5, 0.6) is 0 Å². The number of carbonyl (C=O) groups excluding carboxylic acids is 1. The molecule has 0 unspecified atom stereocenters. The summed E-state index contributed by atoms with van der Waals surface area (Å²) >= 11 is 0. The van der Waals surface area contributed by atoms with Gasteiger partial charge in [-0.3, -0.25) is 4.79 Å². The van der Waals surface area contributed by atoms with E-state index in [-0.39, 0.29) is 23.8 Å². The van der Waals surface area contributed by atoms with Crippen LogP contribution in [-0.2, 0) is 9.53 Å². The van der Waals surface area contributed by atoms with Crippen molar-refractivity contribution in [3.63, 3.8) is 0 Å². The number of hydrogen-bond acceptors (Lipinski definition) is 8. The molecule has 7 rings (SSSR count). The summed E-state index contributed by atoms with van der Waals surface area (Å²) in [6, 6.07) is 16.6. The maximum Gasteiger partial charge on any atom is 0.242 e. The number of pyridine rings is 1. The Morgan fingerprint density at radius 1 is 1.00 bits per heavy atom. The minimum absolute atomic E-state index is 0.0797. The summed E-state index contributed by atoms with van der Waals surface area (Å²) in [7, 11) is 0. The highest BCUT2D eigenvalue weighted by molar-refractivity contribution is 5.82. The highest BCUT2D eigenvalue weighted by atomic mass is 19.1. The van der Waals surface area contributed by atoms with Gasteiger partial charge in [0.1, 0.15) is 29.2 Å². The first kappa shape index (κ1) is 25.8. The second kappa shape index (κ2) is 11.1. The zero-order valence-corrected chi connectivity index (χ0v) is 22.8. The summed E-state index contributed by atoms with van der Waals surface area (Å²) in [5.74, 6) is 1.59. The number of morpholine rings is 1. The predicted octanol–water partition coefficient (Wildman–Crippen LogP) is 2.91. The van der Waals surface area contributed by atoms with Gasteiger partial charge in [-0.15, -0.1) is 5.10 Å². The van der Waals surface area contributed by atoms with E-state index in [1.54, 1.807) is 12.1 Å². The number of nitrogens with zero attached hydrogens (tertiary/aromatic N) is 7. The first-order chi connectivity index (χ1) is 20.1. The number of carbonyl (C=O) groups is 1. The lowest BCUT2D eigenvalue weighted by atomic mass is 10.0. The van der Waals surface area contributed by atoms with E-state index < -0.39 is 0 Å². The molecule has 3 saturated heterocycles. The number of benzene rings is 1. The Bertz CT molecular complexity index is 1550. The molecule has 3 aromatic heterocycles. The number of ether oxygens (including phenoxy) is 1. The third-order valence-corrected chi connectivity index (χ3v) is 8.26. The highest BCUT2D eigenvalue weighted by Crippen LogP contribution is 2.35. The Kier molecular flexibility index (Phi) is 6.97. The fourth-order valence-corrected chi connectivity index (χ4v) is 6.14. The van der Waals surface area contributed by atoms with Crippen molar-refractivity contribution in [3.05, 3.63) is 72.2 Å². The second-order valence-corrected chi connectivity index (χ2v) is 10.8. The minimum atomic E-state index is -0.256. The molecule has 0 bridgehead atoms. The quantitative estimate of drug-likeness (QED) is 0.402. The van der Waals surface area contributed by atoms with Crippen LogP contribution in [0.15, 0.2) is 60.8 Å². The number of hydrogen-bond donors (Lipinski definition) is 1. The molecule has 0 aliphatic carbocycles. The molecule has 10 nitrogen and oxygen atoms in total. The summed E-state index contributed by atoms with van der Waals surface area (Å²) in [4.78, 5) is 28.8. The van der Waals surface area contributed by atoms with Crippen LogP contribution in [0.25, 0.3) is 17.0 Å². The molecule has 41 heavy (non-hydrogen) atoms. The maximum atomic E-state index is 14.0. The average Bonchev–Trinajstić information content (AvgIpc) is 3.69. The third-order valence-electron chi connectivity index (χ3n) is 8.26. The fraction of sp³-hybridized carbons (Fsp3) is 0.400. The van der Waals surface area contributed by atoms with E-state index >= 15 is 0 Å². The molecule has 4 aromatic rings. The molecule has 0 saturated carbocycles. The van der Waals surface area contributed by atoms with Crippen molar-refractivity contribution in [2.75, 3.05) is 62.3 Å². The Balaban J connectivity index is 1.10. The van der Waals surface area contributed by atoms with Crippen LogP contribution in [0, 0.1) is 5.82 Å². The molecule has 0 spiro atoms. The summed E-state index contributed by atoms with van der Waals surface area (Å²) in [5, 5.41) is 8.24. The highest BCUT2D eigenvalue weighted by Gasteiger charge is 2.30. The second-order valence-electron chi connectivity index (χ2n) is 10.8. The number of halogens is 1. The van der Waals surface area contributed by atoms with Crippen molar-refractivity contribution in [1.82, 2.24) is 29.8 Å². The zero-order valence-electron chi connectivity index (χ0n) is 22.8. The van der Waals surface area contributed by atoms with Gasteiger partial charge >= 0.3 is 0 Å². The number of nitrogens with one attached hydrogen (secondary N) is 1. The molecule has 3 aliphatic rings. The molecule has 6 heterocycles. The van der Waals surface area contributed by atoms with Crippen LogP contribution in [-0.4, -0.2) is 88.9 Å². The number of anilines is 2. The lowest BCUT2D eigenvalue weighted by Crippen LogP contribution is -2.57. The number of fused-ring (bicyclic) bond motifs is 1. The molecule has 11 heteroatoms. The number of rotatable bonds is 5. The molecular formula is C30H33FN8O2. The Morgan fingerprint density at radius 2 is 1.88 bits per heavy atom. The number of piperazine rings is 1. The van der Waals surface area contributed by atoms with E-state index in [4.69, 9.17) is 14.8 Å². The van der Waals surface area contributed by atoms with Gasteiger partial charge in [0.15, 0.2) is 5.65 Å². The lowest BCUT2D eigenvalue weighted by molar-refractivity contribution is -0.136. The molecule has 0 radical (unpaired) electrons. The third kappa shape index (κ3) is 5.11. The molecule has 3 fully saturated rings. The van der Waals surface area contributed by atoms with Crippen molar-refractivity contribution in [3.8, 4) is 11.4 Å². The van der Waals surface area contributed by atoms with Crippen molar-refractivity contribution in [2.24, 2.45) is 0 Å². The van der Waals surface area contributed by atoms with Crippen molar-refractivity contribution < 1.29 is 13.9 Å². The van der Waals surface area contributed by atoms with E-state index in [1.165, 1.54) is 6.07 Å². The lowest BCUT2D eigenvalue weighted by Gasteiger charge is -2.37. The van der Waals surface area contributed by atoms with Gasteiger partial charge in [-0.2, -0.15) is 0 Å². The van der Waals surface area contributed by atoms with Crippen LogP contribution in [0.4, 0.5) is 16.0 Å². The van der Waals surface area contributed by atoms with Crippen LogP contribution < -0.4 is 15.1 Å². The molecule has 1 amide bonds. The molecular weight excluding hydrogens is 523 g/mol. The van der Waals surface area contributed by atoms with Gasteiger partial charge in [-0.25, -0.2) is 18.9 Å². The van der Waals surface area contributed by atoms with Crippen molar-refractivity contribution in [2.45, 2.75) is 24.9 Å². The smallest absolute Gasteiger partial charge is 0.242 e. The Hall–Kier alpha value is -4.09. The van der Waals surface area contributed by atoms with Gasteiger partial charge in [0.25, 0.3) is 0 Å². The average molecular weight is 557 g/mol. The standard InChI is InChI=1S/C30H33FN8O2/c31-22-5-1-4-21(18-22)25-7-3-12-38(25)29-10-9-27-33-19-26(39(27)35-29)23-6-2-8-28(34-23)36-13-15-37(16-14-36)30(40)24-20-41-17-11-32-24/h1-2,4-6,8-10,18-19,24-25,32H,3,7,11-17,20H2/t24-,25-/m1/s1. The Labute approximate surface area is 237 Å². The van der Waals surface area contributed by atoms with Crippen LogP contribution in [0.3, 0.4) is 0 Å². The first-order valence-corrected chi connectivity index (χ1v) is 14.3. The largest absolute Gasteiger partial charge is 0.378 e. The van der Waals surface area contributed by atoms with E-state index in [1.807, 2.05) is 52.0 Å². The van der Waals surface area contributed by atoms with Gasteiger partial charge in [-0.05, 0) is 54.8 Å². The van der Waals surface area contributed by atoms with Crippen LogP contribution in [0.1, 0.15) is 24.4 Å². The topological polar surface area (TPSA) is 91.1 Å². The number of aromatic nitrogens is 4. The Morgan fingerprint density at radius 3 is 2.71 bits per heavy atom. The first-order valence-electron chi connectivity index (χ1n) is 14.3. The number of imidazole rings is 1. The predicted molar refractivity (Wildman–Crippen MR) is 153 cm³/mol. The zero-order chi connectivity index (χ0) is 27.8. The summed E-state index contributed by atoms with van der Waals surface area (Å²) < 4.78 is 21.3. The molecule has 1 N–H and O–H groups in total. The van der Waals surface area contributed by atoms with Gasteiger partial charge in [0.2, 0.25) is 5.91 Å². The van der Waals surface area contributed by atoms with E-state index in [9.17, 15) is 9.18 Å². The molecule has 2 atom stereocenters. The SMILES string of the molecule is O=C([C@H]1COCCN1)N1CCN(c2cccc(-c3cnc4ccc(N5CCC[C@@H]5c5cccc(F)c5)nn34)n2)CC1. The van der Waals surface area contributed by atoms with E-state index in [0.717, 1.165) is 53.6 Å². The minimum Gasteiger partial charge on any atom is -0.378 e. The molecule has 1 aromatic carbocycles. The van der Waals surface area contributed by atoms with E-state index in [2.05, 4.69) is 20.1 Å². The van der Waals surface area contributed by atoms with Crippen molar-refractivity contribution >= 4 is 23.2 Å². The molecule has 212 valence electrons. The van der Waals surface area contributed by atoms with Crippen LogP contribution in [0.2, 0.25) is 0 Å². The normalized spacial score (nSPS) is 21.5. The molecule has 3 aliphatic heterocycles. The van der Waals surface area contributed by atoms with Gasteiger partial charge < -0.3 is 24.8 Å². The fourth-order valence-electron chi connectivity index (χ4n) is 6.14. The van der Waals surface area contributed by atoms with Gasteiger partial charge in [0.05, 0.1) is 31.1 Å². The van der Waals surface area contributed by atoms with Crippen LogP contribution >= 0.6 is 0 Å². The van der Waals surface area contributed by atoms with Crippen molar-refractivity contribution in [1.29, 1.82) is 0 Å². The summed E-state index contributed by atoms with van der Waals surface area (Å²) in [6.45, 7) is 5.35. The maximum absolute atomic E-state index is 14.0. The van der Waals surface area contributed by atoms with Gasteiger partial charge in [0, 0.05) is 39.3 Å². The summed E-state index contributed by atoms with van der Waals surface area (Å²) in [5.41, 5.74) is 3.30.